The zero-order valence-corrected chi connectivity index (χ0v) is 14.9. The Morgan fingerprint density at radius 3 is 2.52 bits per heavy atom. The molecular weight excluding hydrogens is 320 g/mol. The first-order valence-electron chi connectivity index (χ1n) is 8.07. The fraction of sp³-hybridized carbons (Fsp3) is 0.389. The van der Waals surface area contributed by atoms with Crippen LogP contribution in [0, 0.1) is 0 Å². The zero-order chi connectivity index (χ0) is 18.1. The molecule has 0 radical (unpaired) electrons. The van der Waals surface area contributed by atoms with Gasteiger partial charge in [0.2, 0.25) is 0 Å². The van der Waals surface area contributed by atoms with Crippen LogP contribution < -0.4 is 4.90 Å². The highest BCUT2D eigenvalue weighted by molar-refractivity contribution is 5.97. The second-order valence-electron chi connectivity index (χ2n) is 6.37. The van der Waals surface area contributed by atoms with Crippen LogP contribution >= 0.6 is 0 Å². The van der Waals surface area contributed by atoms with Crippen molar-refractivity contribution >= 4 is 17.6 Å². The number of ether oxygens (including phenoxy) is 1. The highest BCUT2D eigenvalue weighted by Crippen LogP contribution is 2.25. The molecule has 1 aliphatic heterocycles. The number of hydrogen-bond acceptors (Lipinski definition) is 5. The Balaban J connectivity index is 1.93. The van der Waals surface area contributed by atoms with Gasteiger partial charge in [0.25, 0.3) is 5.91 Å². The van der Waals surface area contributed by atoms with Crippen LogP contribution in [0.15, 0.2) is 30.6 Å². The summed E-state index contributed by atoms with van der Waals surface area (Å²) < 4.78 is 6.79. The van der Waals surface area contributed by atoms with Crippen LogP contribution in [0.1, 0.15) is 21.7 Å². The molecule has 2 heterocycles. The lowest BCUT2D eigenvalue weighted by Crippen LogP contribution is -2.49. The van der Waals surface area contributed by atoms with Crippen LogP contribution in [0.5, 0.6) is 0 Å². The molecule has 0 spiro atoms. The van der Waals surface area contributed by atoms with E-state index >= 15 is 0 Å². The Labute approximate surface area is 146 Å². The molecule has 132 valence electrons. The van der Waals surface area contributed by atoms with Crippen molar-refractivity contribution in [3.05, 3.63) is 47.5 Å². The van der Waals surface area contributed by atoms with E-state index in [1.165, 1.54) is 7.11 Å². The summed E-state index contributed by atoms with van der Waals surface area (Å²) in [5.41, 5.74) is 3.34. The third-order valence-electron chi connectivity index (χ3n) is 4.59. The Morgan fingerprint density at radius 2 is 1.92 bits per heavy atom. The molecule has 0 N–H and O–H groups in total. The number of aromatic nitrogens is 2. The van der Waals surface area contributed by atoms with E-state index in [2.05, 4.69) is 4.98 Å². The van der Waals surface area contributed by atoms with Gasteiger partial charge < -0.3 is 19.1 Å². The smallest absolute Gasteiger partial charge is 0.329 e. The van der Waals surface area contributed by atoms with Crippen LogP contribution in [0.3, 0.4) is 0 Å². The second-order valence-corrected chi connectivity index (χ2v) is 6.37. The van der Waals surface area contributed by atoms with Gasteiger partial charge in [-0.25, -0.2) is 9.78 Å². The van der Waals surface area contributed by atoms with Gasteiger partial charge >= 0.3 is 5.97 Å². The predicted octanol–water partition coefficient (Wildman–Crippen LogP) is 1.23. The van der Waals surface area contributed by atoms with Crippen molar-refractivity contribution in [3.8, 4) is 0 Å². The van der Waals surface area contributed by atoms with Crippen molar-refractivity contribution < 1.29 is 14.3 Å². The fourth-order valence-corrected chi connectivity index (χ4v) is 3.07. The summed E-state index contributed by atoms with van der Waals surface area (Å²) in [7, 11) is 7.11. The molecule has 1 aromatic heterocycles. The number of hydrogen-bond donors (Lipinski definition) is 0. The molecule has 1 atom stereocenters. The Kier molecular flexibility index (Phi) is 4.48. The zero-order valence-electron chi connectivity index (χ0n) is 14.9. The molecule has 0 fully saturated rings. The highest BCUT2D eigenvalue weighted by atomic mass is 16.5. The lowest BCUT2D eigenvalue weighted by molar-refractivity contribution is -0.146. The van der Waals surface area contributed by atoms with Gasteiger partial charge in [-0.1, -0.05) is 0 Å². The lowest BCUT2D eigenvalue weighted by atomic mass is 10.0. The third-order valence-corrected chi connectivity index (χ3v) is 4.59. The van der Waals surface area contributed by atoms with Crippen LogP contribution in [-0.4, -0.2) is 53.6 Å². The van der Waals surface area contributed by atoms with Crippen LogP contribution in [0.25, 0.3) is 0 Å². The van der Waals surface area contributed by atoms with Crippen molar-refractivity contribution in [3.63, 3.8) is 0 Å². The molecule has 0 aliphatic carbocycles. The van der Waals surface area contributed by atoms with Crippen molar-refractivity contribution in [1.82, 2.24) is 14.5 Å². The first-order valence-corrected chi connectivity index (χ1v) is 8.07. The first kappa shape index (κ1) is 17.0. The number of aryl methyl sites for hydroxylation is 1. The van der Waals surface area contributed by atoms with Crippen LogP contribution in [0.4, 0.5) is 5.69 Å². The monoisotopic (exact) mass is 342 g/mol. The summed E-state index contributed by atoms with van der Waals surface area (Å²) in [5.74, 6) is -0.609. The van der Waals surface area contributed by atoms with Gasteiger partial charge in [0, 0.05) is 38.8 Å². The van der Waals surface area contributed by atoms with Gasteiger partial charge in [-0.15, -0.1) is 0 Å². The topological polar surface area (TPSA) is 67.7 Å². The molecule has 1 unspecified atom stereocenters. The van der Waals surface area contributed by atoms with Crippen molar-refractivity contribution in [2.75, 3.05) is 26.1 Å². The van der Waals surface area contributed by atoms with Gasteiger partial charge in [-0.05, 0) is 24.3 Å². The van der Waals surface area contributed by atoms with E-state index in [0.29, 0.717) is 18.5 Å². The Bertz CT molecular complexity index is 795. The van der Waals surface area contributed by atoms with Crippen molar-refractivity contribution in [2.45, 2.75) is 19.0 Å². The Hall–Kier alpha value is -2.83. The number of carbonyl (C=O) groups is 2. The minimum Gasteiger partial charge on any atom is -0.467 e. The predicted molar refractivity (Wildman–Crippen MR) is 93.4 cm³/mol. The maximum Gasteiger partial charge on any atom is 0.329 e. The van der Waals surface area contributed by atoms with Crippen LogP contribution in [-0.2, 0) is 29.5 Å². The van der Waals surface area contributed by atoms with Gasteiger partial charge in [-0.3, -0.25) is 4.79 Å². The normalized spacial score (nSPS) is 16.3. The summed E-state index contributed by atoms with van der Waals surface area (Å²) in [4.78, 5) is 33.1. The summed E-state index contributed by atoms with van der Waals surface area (Å²) in [6, 6.07) is 6.68. The molecule has 1 aliphatic rings. The van der Waals surface area contributed by atoms with E-state index in [0.717, 1.165) is 17.1 Å². The van der Waals surface area contributed by atoms with Gasteiger partial charge in [-0.2, -0.15) is 0 Å². The molecule has 2 aromatic rings. The number of benzene rings is 1. The largest absolute Gasteiger partial charge is 0.467 e. The number of anilines is 1. The molecular formula is C18H22N4O3. The maximum atomic E-state index is 13.0. The number of esters is 1. The molecule has 7 nitrogen and oxygen atoms in total. The summed E-state index contributed by atoms with van der Waals surface area (Å²) in [5, 5.41) is 0. The van der Waals surface area contributed by atoms with E-state index in [9.17, 15) is 9.59 Å². The van der Waals surface area contributed by atoms with Crippen molar-refractivity contribution in [1.29, 1.82) is 0 Å². The second kappa shape index (κ2) is 6.58. The van der Waals surface area contributed by atoms with Gasteiger partial charge in [0.05, 0.1) is 31.4 Å². The minimum absolute atomic E-state index is 0.187. The van der Waals surface area contributed by atoms with Crippen molar-refractivity contribution in [2.24, 2.45) is 7.05 Å². The molecule has 0 bridgehead atoms. The Morgan fingerprint density at radius 1 is 1.24 bits per heavy atom. The van der Waals surface area contributed by atoms with Gasteiger partial charge in [0.15, 0.2) is 0 Å². The number of amides is 1. The molecule has 3 rings (SSSR count). The minimum atomic E-state index is -0.659. The number of imidazole rings is 1. The van der Waals surface area contributed by atoms with E-state index in [-0.39, 0.29) is 5.91 Å². The average molecular weight is 342 g/mol. The standard InChI is InChI=1S/C18H22N4O3/c1-20(2)13-7-5-12(6-8-13)17(23)22-10-16-14(19-11-21(16)3)9-15(22)18(24)25-4/h5-8,11,15H,9-10H2,1-4H3. The number of methoxy groups -OCH3 is 1. The molecule has 0 saturated heterocycles. The lowest BCUT2D eigenvalue weighted by Gasteiger charge is -2.33. The molecule has 0 saturated carbocycles. The molecule has 1 amide bonds. The SMILES string of the molecule is COC(=O)C1Cc2ncn(C)c2CN1C(=O)c1ccc(N(C)C)cc1. The maximum absolute atomic E-state index is 13.0. The molecule has 7 heteroatoms. The number of rotatable bonds is 3. The third kappa shape index (κ3) is 3.09. The summed E-state index contributed by atoms with van der Waals surface area (Å²) in [6.07, 6.45) is 2.07. The first-order chi connectivity index (χ1) is 11.9. The van der Waals surface area contributed by atoms with E-state index < -0.39 is 12.0 Å². The highest BCUT2D eigenvalue weighted by Gasteiger charge is 2.37. The number of fused-ring (bicyclic) bond motifs is 1. The molecule has 25 heavy (non-hydrogen) atoms. The summed E-state index contributed by atoms with van der Waals surface area (Å²) >= 11 is 0. The van der Waals surface area contributed by atoms with Gasteiger partial charge in [0.1, 0.15) is 6.04 Å². The van der Waals surface area contributed by atoms with E-state index in [1.807, 2.05) is 42.7 Å². The van der Waals surface area contributed by atoms with Crippen LogP contribution in [0.2, 0.25) is 0 Å². The van der Waals surface area contributed by atoms with E-state index in [1.54, 1.807) is 23.4 Å². The number of carbonyl (C=O) groups excluding carboxylic acids is 2. The quantitative estimate of drug-likeness (QED) is 0.785. The molecule has 1 aromatic carbocycles. The average Bonchev–Trinajstić information content (AvgIpc) is 2.99. The summed E-state index contributed by atoms with van der Waals surface area (Å²) in [6.45, 7) is 0.333. The van der Waals surface area contributed by atoms with E-state index in [4.69, 9.17) is 4.74 Å². The fourth-order valence-electron chi connectivity index (χ4n) is 3.07. The number of nitrogens with zero attached hydrogens (tertiary/aromatic N) is 4.